The number of anilines is 3. The number of carbonyl (C=O) groups excluding carboxylic acids is 1. The molecule has 3 rings (SSSR count). The van der Waals surface area contributed by atoms with Gasteiger partial charge in [0.05, 0.1) is 12.8 Å². The number of amides is 1. The van der Waals surface area contributed by atoms with Crippen LogP contribution >= 0.6 is 0 Å². The first-order chi connectivity index (χ1) is 12.5. The van der Waals surface area contributed by atoms with Gasteiger partial charge in [0, 0.05) is 11.9 Å². The minimum atomic E-state index is -0.404. The van der Waals surface area contributed by atoms with E-state index >= 15 is 0 Å². The van der Waals surface area contributed by atoms with Crippen molar-refractivity contribution >= 4 is 23.2 Å². The van der Waals surface area contributed by atoms with Crippen molar-refractivity contribution in [1.82, 2.24) is 9.97 Å². The summed E-state index contributed by atoms with van der Waals surface area (Å²) in [5.41, 5.74) is 2.19. The molecule has 0 atom stereocenters. The summed E-state index contributed by atoms with van der Waals surface area (Å²) in [5, 5.41) is 5.65. The van der Waals surface area contributed by atoms with E-state index in [0.717, 1.165) is 5.56 Å². The van der Waals surface area contributed by atoms with E-state index in [1.165, 1.54) is 31.5 Å². The van der Waals surface area contributed by atoms with Gasteiger partial charge in [-0.1, -0.05) is 12.1 Å². The van der Waals surface area contributed by atoms with Gasteiger partial charge in [0.15, 0.2) is 0 Å². The molecule has 132 valence electrons. The van der Waals surface area contributed by atoms with Gasteiger partial charge in [0.2, 0.25) is 5.95 Å². The molecule has 26 heavy (non-hydrogen) atoms. The van der Waals surface area contributed by atoms with Gasteiger partial charge in [-0.2, -0.15) is 0 Å². The molecule has 0 saturated heterocycles. The quantitative estimate of drug-likeness (QED) is 0.728. The summed E-state index contributed by atoms with van der Waals surface area (Å²) in [4.78, 5) is 20.7. The molecule has 2 aromatic carbocycles. The van der Waals surface area contributed by atoms with Crippen molar-refractivity contribution in [3.63, 3.8) is 0 Å². The second-order valence-corrected chi connectivity index (χ2v) is 5.56. The highest BCUT2D eigenvalue weighted by molar-refractivity contribution is 6.03. The van der Waals surface area contributed by atoms with Crippen molar-refractivity contribution in [1.29, 1.82) is 0 Å². The maximum Gasteiger partial charge on any atom is 0.274 e. The van der Waals surface area contributed by atoms with Crippen LogP contribution in [0.5, 0.6) is 5.75 Å². The van der Waals surface area contributed by atoms with E-state index in [-0.39, 0.29) is 17.5 Å². The Bertz CT molecular complexity index is 946. The highest BCUT2D eigenvalue weighted by Gasteiger charge is 2.12. The number of halogens is 1. The van der Waals surface area contributed by atoms with Gasteiger partial charge in [-0.15, -0.1) is 0 Å². The van der Waals surface area contributed by atoms with Crippen molar-refractivity contribution in [2.24, 2.45) is 0 Å². The molecule has 1 aromatic heterocycles. The van der Waals surface area contributed by atoms with Gasteiger partial charge in [0.25, 0.3) is 5.91 Å². The van der Waals surface area contributed by atoms with Crippen LogP contribution in [-0.4, -0.2) is 23.0 Å². The molecule has 0 spiro atoms. The minimum Gasteiger partial charge on any atom is -0.495 e. The monoisotopic (exact) mass is 352 g/mol. The van der Waals surface area contributed by atoms with Crippen LogP contribution in [0.15, 0.2) is 54.7 Å². The van der Waals surface area contributed by atoms with Gasteiger partial charge in [0.1, 0.15) is 17.3 Å². The second-order valence-electron chi connectivity index (χ2n) is 5.56. The first kappa shape index (κ1) is 17.3. The Balaban J connectivity index is 1.79. The first-order valence-electron chi connectivity index (χ1n) is 7.87. The predicted molar refractivity (Wildman–Crippen MR) is 97.4 cm³/mol. The highest BCUT2D eigenvalue weighted by Crippen LogP contribution is 2.25. The van der Waals surface area contributed by atoms with E-state index in [1.54, 1.807) is 18.2 Å². The van der Waals surface area contributed by atoms with Crippen molar-refractivity contribution < 1.29 is 13.9 Å². The molecule has 0 aliphatic heterocycles. The number of hydrogen-bond donors (Lipinski definition) is 2. The molecule has 0 unspecified atom stereocenters. The summed E-state index contributed by atoms with van der Waals surface area (Å²) in [5.74, 6) is -0.0374. The summed E-state index contributed by atoms with van der Waals surface area (Å²) in [6.45, 7) is 1.92. The lowest BCUT2D eigenvalue weighted by molar-refractivity contribution is 0.102. The third-order valence-electron chi connectivity index (χ3n) is 3.57. The normalized spacial score (nSPS) is 10.3. The Kier molecular flexibility index (Phi) is 5.07. The number of hydrogen-bond acceptors (Lipinski definition) is 5. The third-order valence-corrected chi connectivity index (χ3v) is 3.57. The minimum absolute atomic E-state index is 0.169. The van der Waals surface area contributed by atoms with Gasteiger partial charge < -0.3 is 15.4 Å². The molecular weight excluding hydrogens is 335 g/mol. The van der Waals surface area contributed by atoms with Crippen LogP contribution in [0.1, 0.15) is 16.1 Å². The smallest absolute Gasteiger partial charge is 0.274 e. The lowest BCUT2D eigenvalue weighted by Crippen LogP contribution is -2.15. The lowest BCUT2D eigenvalue weighted by Gasteiger charge is -2.11. The number of nitrogens with one attached hydrogen (secondary N) is 2. The van der Waals surface area contributed by atoms with Gasteiger partial charge in [-0.3, -0.25) is 4.79 Å². The van der Waals surface area contributed by atoms with Crippen LogP contribution in [0, 0.1) is 12.7 Å². The number of benzene rings is 2. The Hall–Kier alpha value is -3.48. The van der Waals surface area contributed by atoms with E-state index < -0.39 is 5.91 Å². The molecule has 2 N–H and O–H groups in total. The van der Waals surface area contributed by atoms with Crippen molar-refractivity contribution in [2.45, 2.75) is 6.92 Å². The van der Waals surface area contributed by atoms with Crippen LogP contribution in [-0.2, 0) is 0 Å². The number of aryl methyl sites for hydroxylation is 1. The molecule has 0 aliphatic rings. The van der Waals surface area contributed by atoms with Crippen LogP contribution < -0.4 is 15.4 Å². The molecule has 1 heterocycles. The number of aromatic nitrogens is 2. The topological polar surface area (TPSA) is 76.1 Å². The zero-order valence-electron chi connectivity index (χ0n) is 14.3. The largest absolute Gasteiger partial charge is 0.495 e. The van der Waals surface area contributed by atoms with Gasteiger partial charge in [-0.25, -0.2) is 14.4 Å². The summed E-state index contributed by atoms with van der Waals surface area (Å²) >= 11 is 0. The molecule has 3 aromatic rings. The maximum atomic E-state index is 13.3. The van der Waals surface area contributed by atoms with Crippen molar-refractivity contribution in [3.8, 4) is 5.75 Å². The molecule has 0 radical (unpaired) electrons. The molecule has 6 nitrogen and oxygen atoms in total. The summed E-state index contributed by atoms with van der Waals surface area (Å²) in [6, 6.07) is 12.9. The van der Waals surface area contributed by atoms with Crippen molar-refractivity contribution in [3.05, 3.63) is 71.8 Å². The van der Waals surface area contributed by atoms with Crippen LogP contribution in [0.4, 0.5) is 21.7 Å². The molecule has 7 heteroatoms. The van der Waals surface area contributed by atoms with Crippen LogP contribution in [0.2, 0.25) is 0 Å². The summed E-state index contributed by atoms with van der Waals surface area (Å²) in [6.07, 6.45) is 1.46. The van der Waals surface area contributed by atoms with E-state index in [1.807, 2.05) is 19.1 Å². The number of carbonyl (C=O) groups is 1. The zero-order valence-corrected chi connectivity index (χ0v) is 14.3. The van der Waals surface area contributed by atoms with Crippen LogP contribution in [0.3, 0.4) is 0 Å². The summed E-state index contributed by atoms with van der Waals surface area (Å²) in [7, 11) is 1.53. The first-order valence-corrected chi connectivity index (χ1v) is 7.87. The SMILES string of the molecule is COc1ccc(C)cc1NC(=O)c1ccnc(Nc2cccc(F)c2)n1. The molecule has 0 fully saturated rings. The Morgan fingerprint density at radius 3 is 2.77 bits per heavy atom. The van der Waals surface area contributed by atoms with E-state index in [2.05, 4.69) is 20.6 Å². The fraction of sp³-hybridized carbons (Fsp3) is 0.105. The average Bonchev–Trinajstić information content (AvgIpc) is 2.62. The van der Waals surface area contributed by atoms with Crippen LogP contribution in [0.25, 0.3) is 0 Å². The summed E-state index contributed by atoms with van der Waals surface area (Å²) < 4.78 is 18.5. The Morgan fingerprint density at radius 2 is 2.00 bits per heavy atom. The van der Waals surface area contributed by atoms with Gasteiger partial charge >= 0.3 is 0 Å². The number of methoxy groups -OCH3 is 1. The van der Waals surface area contributed by atoms with E-state index in [4.69, 9.17) is 4.74 Å². The number of nitrogens with zero attached hydrogens (tertiary/aromatic N) is 2. The Morgan fingerprint density at radius 1 is 1.15 bits per heavy atom. The Labute approximate surface area is 150 Å². The number of ether oxygens (including phenoxy) is 1. The molecule has 0 saturated carbocycles. The highest BCUT2D eigenvalue weighted by atomic mass is 19.1. The van der Waals surface area contributed by atoms with Crippen molar-refractivity contribution in [2.75, 3.05) is 17.7 Å². The van der Waals surface area contributed by atoms with E-state index in [9.17, 15) is 9.18 Å². The molecule has 0 aliphatic carbocycles. The molecule has 1 amide bonds. The van der Waals surface area contributed by atoms with E-state index in [0.29, 0.717) is 17.1 Å². The van der Waals surface area contributed by atoms with Gasteiger partial charge in [-0.05, 0) is 48.9 Å². The second kappa shape index (κ2) is 7.60. The third kappa shape index (κ3) is 4.13. The predicted octanol–water partition coefficient (Wildman–Crippen LogP) is 3.93. The standard InChI is InChI=1S/C19H17FN4O2/c1-12-6-7-17(26-2)16(10-12)23-18(25)15-8-9-21-19(24-15)22-14-5-3-4-13(20)11-14/h3-11H,1-2H3,(H,23,25)(H,21,22,24). The number of rotatable bonds is 5. The molecule has 0 bridgehead atoms. The fourth-order valence-electron chi connectivity index (χ4n) is 2.35. The maximum absolute atomic E-state index is 13.3. The average molecular weight is 352 g/mol. The fourth-order valence-corrected chi connectivity index (χ4v) is 2.35. The zero-order chi connectivity index (χ0) is 18.5. The molecular formula is C19H17FN4O2. The lowest BCUT2D eigenvalue weighted by atomic mass is 10.2.